The molecule has 14 heavy (non-hydrogen) atoms. The van der Waals surface area contributed by atoms with Gasteiger partial charge in [0, 0.05) is 0 Å². The molecular weight excluding hydrogens is 176 g/mol. The molecule has 2 aliphatic rings. The molecule has 0 aromatic heterocycles. The van der Waals surface area contributed by atoms with Crippen molar-refractivity contribution in [1.82, 2.24) is 0 Å². The van der Waals surface area contributed by atoms with Crippen LogP contribution in [-0.4, -0.2) is 23.4 Å². The second-order valence-electron chi connectivity index (χ2n) is 5.07. The molecule has 0 heterocycles. The second kappa shape index (κ2) is 4.63. The summed E-state index contributed by atoms with van der Waals surface area (Å²) in [7, 11) is 0. The van der Waals surface area contributed by atoms with E-state index in [0.29, 0.717) is 6.10 Å². The Bertz CT molecular complexity index is 181. The van der Waals surface area contributed by atoms with Gasteiger partial charge in [0.1, 0.15) is 0 Å². The molecule has 0 bridgehead atoms. The first-order valence-corrected chi connectivity index (χ1v) is 6.09. The minimum absolute atomic E-state index is 0.144. The molecular formula is C12H22O2. The van der Waals surface area contributed by atoms with Gasteiger partial charge in [-0.2, -0.15) is 0 Å². The van der Waals surface area contributed by atoms with E-state index in [1.807, 2.05) is 0 Å². The van der Waals surface area contributed by atoms with Crippen LogP contribution in [0.15, 0.2) is 0 Å². The Morgan fingerprint density at radius 3 is 2.50 bits per heavy atom. The van der Waals surface area contributed by atoms with Gasteiger partial charge >= 0.3 is 0 Å². The van der Waals surface area contributed by atoms with Crippen molar-refractivity contribution in [3.63, 3.8) is 0 Å². The number of hydrogen-bond acceptors (Lipinski definition) is 2. The van der Waals surface area contributed by atoms with Gasteiger partial charge in [0.2, 0.25) is 0 Å². The lowest BCUT2D eigenvalue weighted by atomic mass is 9.88. The summed E-state index contributed by atoms with van der Waals surface area (Å²) in [6.07, 6.45) is 8.57. The average molecular weight is 198 g/mol. The largest absolute Gasteiger partial charge is 0.390 e. The van der Waals surface area contributed by atoms with Crippen molar-refractivity contribution < 1.29 is 9.84 Å². The van der Waals surface area contributed by atoms with Crippen molar-refractivity contribution in [2.75, 3.05) is 0 Å². The van der Waals surface area contributed by atoms with Gasteiger partial charge in [-0.3, -0.25) is 0 Å². The molecule has 2 heteroatoms. The zero-order valence-corrected chi connectivity index (χ0v) is 9.11. The van der Waals surface area contributed by atoms with E-state index in [4.69, 9.17) is 4.74 Å². The Morgan fingerprint density at radius 1 is 1.07 bits per heavy atom. The Morgan fingerprint density at radius 2 is 1.86 bits per heavy atom. The molecule has 0 amide bonds. The van der Waals surface area contributed by atoms with Crippen LogP contribution >= 0.6 is 0 Å². The molecule has 2 aliphatic carbocycles. The maximum absolute atomic E-state index is 9.66. The van der Waals surface area contributed by atoms with Crippen molar-refractivity contribution >= 4 is 0 Å². The van der Waals surface area contributed by atoms with Crippen molar-refractivity contribution in [1.29, 1.82) is 0 Å². The molecule has 0 aromatic rings. The molecule has 82 valence electrons. The fourth-order valence-corrected chi connectivity index (χ4v) is 2.81. The highest BCUT2D eigenvalue weighted by atomic mass is 16.5. The van der Waals surface area contributed by atoms with Crippen LogP contribution in [0, 0.1) is 5.92 Å². The molecule has 0 radical (unpaired) electrons. The smallest absolute Gasteiger partial charge is 0.0837 e. The molecule has 0 spiro atoms. The maximum atomic E-state index is 9.66. The van der Waals surface area contributed by atoms with Gasteiger partial charge in [-0.15, -0.1) is 0 Å². The van der Waals surface area contributed by atoms with Gasteiger partial charge in [0.15, 0.2) is 0 Å². The van der Waals surface area contributed by atoms with Gasteiger partial charge in [0.05, 0.1) is 18.3 Å². The van der Waals surface area contributed by atoms with Crippen LogP contribution in [0.1, 0.15) is 51.9 Å². The summed E-state index contributed by atoms with van der Waals surface area (Å²) in [6.45, 7) is 2.31. The summed E-state index contributed by atoms with van der Waals surface area (Å²) in [5, 5.41) is 9.66. The lowest BCUT2D eigenvalue weighted by Gasteiger charge is -2.30. The lowest BCUT2D eigenvalue weighted by molar-refractivity contribution is -0.0788. The zero-order chi connectivity index (χ0) is 9.97. The van der Waals surface area contributed by atoms with E-state index in [1.165, 1.54) is 25.7 Å². The molecule has 4 atom stereocenters. The first kappa shape index (κ1) is 10.4. The van der Waals surface area contributed by atoms with Gasteiger partial charge < -0.3 is 9.84 Å². The number of aliphatic hydroxyl groups is 1. The van der Waals surface area contributed by atoms with Crippen LogP contribution in [0.2, 0.25) is 0 Å². The summed E-state index contributed by atoms with van der Waals surface area (Å²) < 4.78 is 5.98. The summed E-state index contributed by atoms with van der Waals surface area (Å²) in [6, 6.07) is 0. The van der Waals surface area contributed by atoms with Gasteiger partial charge in [-0.05, 0) is 38.0 Å². The highest BCUT2D eigenvalue weighted by Gasteiger charge is 2.30. The van der Waals surface area contributed by atoms with Crippen molar-refractivity contribution in [2.45, 2.75) is 70.2 Å². The van der Waals surface area contributed by atoms with E-state index in [9.17, 15) is 5.11 Å². The van der Waals surface area contributed by atoms with Crippen LogP contribution in [0.4, 0.5) is 0 Å². The molecule has 2 rings (SSSR count). The first-order valence-electron chi connectivity index (χ1n) is 6.09. The number of aliphatic hydroxyl groups excluding tert-OH is 1. The monoisotopic (exact) mass is 198 g/mol. The van der Waals surface area contributed by atoms with E-state index in [1.54, 1.807) is 0 Å². The summed E-state index contributed by atoms with van der Waals surface area (Å²) in [5.41, 5.74) is 0. The number of hydrogen-bond donors (Lipinski definition) is 1. The van der Waals surface area contributed by atoms with Crippen LogP contribution in [0.3, 0.4) is 0 Å². The van der Waals surface area contributed by atoms with Crippen LogP contribution in [-0.2, 0) is 4.74 Å². The van der Waals surface area contributed by atoms with Gasteiger partial charge in [0.25, 0.3) is 0 Å². The molecule has 4 unspecified atom stereocenters. The highest BCUT2D eigenvalue weighted by Crippen LogP contribution is 2.30. The standard InChI is InChI=1S/C12H22O2/c1-9-4-2-5-10(8-9)14-12-7-3-6-11(12)13/h9-13H,2-8H2,1H3. The van der Waals surface area contributed by atoms with Gasteiger partial charge in [-0.25, -0.2) is 0 Å². The third kappa shape index (κ3) is 2.48. The second-order valence-corrected chi connectivity index (χ2v) is 5.07. The molecule has 1 N–H and O–H groups in total. The van der Waals surface area contributed by atoms with Crippen LogP contribution < -0.4 is 0 Å². The van der Waals surface area contributed by atoms with E-state index in [-0.39, 0.29) is 12.2 Å². The summed E-state index contributed by atoms with van der Waals surface area (Å²) in [5.74, 6) is 0.812. The minimum Gasteiger partial charge on any atom is -0.390 e. The predicted octanol–water partition coefficient (Wildman–Crippen LogP) is 2.50. The third-order valence-electron chi connectivity index (χ3n) is 3.67. The van der Waals surface area contributed by atoms with E-state index < -0.39 is 0 Å². The third-order valence-corrected chi connectivity index (χ3v) is 3.67. The molecule has 0 aliphatic heterocycles. The summed E-state index contributed by atoms with van der Waals surface area (Å²) in [4.78, 5) is 0. The molecule has 0 aromatic carbocycles. The maximum Gasteiger partial charge on any atom is 0.0837 e. The quantitative estimate of drug-likeness (QED) is 0.738. The Kier molecular flexibility index (Phi) is 3.45. The summed E-state index contributed by atoms with van der Waals surface area (Å²) >= 11 is 0. The Balaban J connectivity index is 1.78. The van der Waals surface area contributed by atoms with E-state index in [0.717, 1.165) is 25.2 Å². The highest BCUT2D eigenvalue weighted by molar-refractivity contribution is 4.80. The normalized spacial score (nSPS) is 44.1. The predicted molar refractivity (Wildman–Crippen MR) is 56.2 cm³/mol. The Labute approximate surface area is 86.6 Å². The van der Waals surface area contributed by atoms with Crippen molar-refractivity contribution in [3.8, 4) is 0 Å². The van der Waals surface area contributed by atoms with E-state index in [2.05, 4.69) is 6.92 Å². The number of ether oxygens (including phenoxy) is 1. The van der Waals surface area contributed by atoms with Crippen molar-refractivity contribution in [2.24, 2.45) is 5.92 Å². The molecule has 0 saturated heterocycles. The number of rotatable bonds is 2. The fraction of sp³-hybridized carbons (Fsp3) is 1.00. The first-order chi connectivity index (χ1) is 6.75. The molecule has 2 fully saturated rings. The van der Waals surface area contributed by atoms with Crippen LogP contribution in [0.5, 0.6) is 0 Å². The van der Waals surface area contributed by atoms with E-state index >= 15 is 0 Å². The minimum atomic E-state index is -0.188. The zero-order valence-electron chi connectivity index (χ0n) is 9.11. The lowest BCUT2D eigenvalue weighted by Crippen LogP contribution is -2.31. The molecule has 2 nitrogen and oxygen atoms in total. The molecule has 2 saturated carbocycles. The topological polar surface area (TPSA) is 29.5 Å². The average Bonchev–Trinajstić information content (AvgIpc) is 2.52. The SMILES string of the molecule is CC1CCCC(OC2CCCC2O)C1. The Hall–Kier alpha value is -0.0800. The fourth-order valence-electron chi connectivity index (χ4n) is 2.81. The van der Waals surface area contributed by atoms with Crippen molar-refractivity contribution in [3.05, 3.63) is 0 Å². The van der Waals surface area contributed by atoms with Crippen LogP contribution in [0.25, 0.3) is 0 Å². The van der Waals surface area contributed by atoms with Gasteiger partial charge in [-0.1, -0.05) is 19.8 Å².